The molecule has 1 saturated heterocycles. The summed E-state index contributed by atoms with van der Waals surface area (Å²) in [6, 6.07) is 4.64. The van der Waals surface area contributed by atoms with Crippen molar-refractivity contribution in [1.82, 2.24) is 15.5 Å². The SMILES string of the molecule is C[C@H]1CNCCN1CC(=O)NC(c1cccs1)C(C)(C)C. The van der Waals surface area contributed by atoms with Crippen LogP contribution in [0.4, 0.5) is 0 Å². The van der Waals surface area contributed by atoms with Gasteiger partial charge in [0.15, 0.2) is 0 Å². The molecule has 118 valence electrons. The molecule has 5 heteroatoms. The van der Waals surface area contributed by atoms with Gasteiger partial charge in [0.05, 0.1) is 12.6 Å². The third-order valence-corrected chi connectivity index (χ3v) is 4.92. The van der Waals surface area contributed by atoms with Gasteiger partial charge in [0.1, 0.15) is 0 Å². The molecule has 1 aromatic rings. The Morgan fingerprint density at radius 1 is 1.57 bits per heavy atom. The highest BCUT2D eigenvalue weighted by molar-refractivity contribution is 7.10. The molecule has 2 atom stereocenters. The Morgan fingerprint density at radius 2 is 2.33 bits per heavy atom. The summed E-state index contributed by atoms with van der Waals surface area (Å²) in [5.74, 6) is 0.122. The molecule has 0 radical (unpaired) electrons. The minimum Gasteiger partial charge on any atom is -0.347 e. The predicted octanol–water partition coefficient (Wildman–Crippen LogP) is 2.25. The lowest BCUT2D eigenvalue weighted by atomic mass is 9.85. The summed E-state index contributed by atoms with van der Waals surface area (Å²) in [4.78, 5) is 15.9. The zero-order chi connectivity index (χ0) is 15.5. The number of hydrogen-bond donors (Lipinski definition) is 2. The van der Waals surface area contributed by atoms with E-state index in [-0.39, 0.29) is 17.4 Å². The molecule has 0 saturated carbocycles. The first-order valence-corrected chi connectivity index (χ1v) is 8.53. The summed E-state index contributed by atoms with van der Waals surface area (Å²) < 4.78 is 0. The van der Waals surface area contributed by atoms with Gasteiger partial charge in [-0.15, -0.1) is 11.3 Å². The quantitative estimate of drug-likeness (QED) is 0.896. The maximum atomic E-state index is 12.4. The maximum absolute atomic E-state index is 12.4. The molecular weight excluding hydrogens is 282 g/mol. The Balaban J connectivity index is 1.98. The highest BCUT2D eigenvalue weighted by Gasteiger charge is 2.29. The second kappa shape index (κ2) is 6.90. The fourth-order valence-corrected chi connectivity index (χ4v) is 3.70. The first-order valence-electron chi connectivity index (χ1n) is 7.65. The van der Waals surface area contributed by atoms with Crippen molar-refractivity contribution >= 4 is 17.2 Å². The van der Waals surface area contributed by atoms with E-state index in [0.717, 1.165) is 19.6 Å². The van der Waals surface area contributed by atoms with Crippen LogP contribution >= 0.6 is 11.3 Å². The van der Waals surface area contributed by atoms with Crippen molar-refractivity contribution in [3.63, 3.8) is 0 Å². The van der Waals surface area contributed by atoms with E-state index in [9.17, 15) is 4.79 Å². The summed E-state index contributed by atoms with van der Waals surface area (Å²) in [7, 11) is 0. The van der Waals surface area contributed by atoms with Crippen LogP contribution in [-0.4, -0.2) is 43.0 Å². The van der Waals surface area contributed by atoms with Crippen LogP contribution in [0.25, 0.3) is 0 Å². The van der Waals surface area contributed by atoms with Gasteiger partial charge in [-0.3, -0.25) is 9.69 Å². The minimum absolute atomic E-state index is 0.00951. The number of rotatable bonds is 4. The molecule has 2 heterocycles. The molecule has 0 aromatic carbocycles. The lowest BCUT2D eigenvalue weighted by Crippen LogP contribution is -2.53. The smallest absolute Gasteiger partial charge is 0.234 e. The number of carbonyl (C=O) groups is 1. The number of nitrogens with zero attached hydrogens (tertiary/aromatic N) is 1. The minimum atomic E-state index is 0.00951. The fourth-order valence-electron chi connectivity index (χ4n) is 2.68. The first kappa shape index (κ1) is 16.5. The van der Waals surface area contributed by atoms with E-state index in [0.29, 0.717) is 12.6 Å². The van der Waals surface area contributed by atoms with Crippen LogP contribution in [0.15, 0.2) is 17.5 Å². The molecule has 1 aromatic heterocycles. The molecule has 0 bridgehead atoms. The van der Waals surface area contributed by atoms with Gasteiger partial charge in [0.2, 0.25) is 5.91 Å². The number of carbonyl (C=O) groups excluding carboxylic acids is 1. The summed E-state index contributed by atoms with van der Waals surface area (Å²) in [6.07, 6.45) is 0. The molecule has 0 aliphatic carbocycles. The topological polar surface area (TPSA) is 44.4 Å². The van der Waals surface area contributed by atoms with Crippen molar-refractivity contribution in [1.29, 1.82) is 0 Å². The maximum Gasteiger partial charge on any atom is 0.234 e. The van der Waals surface area contributed by atoms with Crippen LogP contribution in [0.3, 0.4) is 0 Å². The largest absolute Gasteiger partial charge is 0.347 e. The monoisotopic (exact) mass is 309 g/mol. The fraction of sp³-hybridized carbons (Fsp3) is 0.688. The van der Waals surface area contributed by atoms with Crippen LogP contribution in [-0.2, 0) is 4.79 Å². The highest BCUT2D eigenvalue weighted by Crippen LogP contribution is 2.35. The van der Waals surface area contributed by atoms with Gasteiger partial charge in [-0.05, 0) is 23.8 Å². The van der Waals surface area contributed by atoms with Crippen LogP contribution in [0, 0.1) is 5.41 Å². The van der Waals surface area contributed by atoms with Crippen LogP contribution in [0.2, 0.25) is 0 Å². The molecule has 1 amide bonds. The average molecular weight is 309 g/mol. The van der Waals surface area contributed by atoms with Crippen molar-refractivity contribution in [2.24, 2.45) is 5.41 Å². The molecule has 1 fully saturated rings. The van der Waals surface area contributed by atoms with Gasteiger partial charge in [0, 0.05) is 30.6 Å². The van der Waals surface area contributed by atoms with E-state index in [2.05, 4.69) is 54.7 Å². The van der Waals surface area contributed by atoms with Gasteiger partial charge < -0.3 is 10.6 Å². The molecule has 1 aliphatic rings. The van der Waals surface area contributed by atoms with Crippen molar-refractivity contribution in [2.45, 2.75) is 39.8 Å². The number of hydrogen-bond acceptors (Lipinski definition) is 4. The average Bonchev–Trinajstić information content (AvgIpc) is 2.91. The third-order valence-electron chi connectivity index (χ3n) is 3.98. The van der Waals surface area contributed by atoms with E-state index in [4.69, 9.17) is 0 Å². The highest BCUT2D eigenvalue weighted by atomic mass is 32.1. The van der Waals surface area contributed by atoms with Crippen molar-refractivity contribution in [2.75, 3.05) is 26.2 Å². The summed E-state index contributed by atoms with van der Waals surface area (Å²) in [6.45, 7) is 12.0. The molecular formula is C16H27N3OS. The van der Waals surface area contributed by atoms with E-state index in [1.807, 2.05) is 6.07 Å². The number of nitrogens with one attached hydrogen (secondary N) is 2. The summed E-state index contributed by atoms with van der Waals surface area (Å²) >= 11 is 1.71. The van der Waals surface area contributed by atoms with Gasteiger partial charge in [-0.1, -0.05) is 26.8 Å². The molecule has 1 aliphatic heterocycles. The molecule has 1 unspecified atom stereocenters. The van der Waals surface area contributed by atoms with E-state index < -0.39 is 0 Å². The summed E-state index contributed by atoms with van der Waals surface area (Å²) in [5, 5.41) is 8.66. The first-order chi connectivity index (χ1) is 9.88. The third kappa shape index (κ3) is 4.53. The van der Waals surface area contributed by atoms with Crippen LogP contribution < -0.4 is 10.6 Å². The zero-order valence-electron chi connectivity index (χ0n) is 13.5. The number of amides is 1. The Morgan fingerprint density at radius 3 is 2.90 bits per heavy atom. The van der Waals surface area contributed by atoms with E-state index in [1.54, 1.807) is 11.3 Å². The van der Waals surface area contributed by atoms with E-state index in [1.165, 1.54) is 4.88 Å². The van der Waals surface area contributed by atoms with Crippen molar-refractivity contribution < 1.29 is 4.79 Å². The second-order valence-electron chi connectivity index (χ2n) is 6.91. The Labute approximate surface area is 131 Å². The lowest BCUT2D eigenvalue weighted by molar-refractivity contribution is -0.124. The number of piperazine rings is 1. The predicted molar refractivity (Wildman–Crippen MR) is 88.6 cm³/mol. The van der Waals surface area contributed by atoms with Crippen molar-refractivity contribution in [3.8, 4) is 0 Å². The van der Waals surface area contributed by atoms with Crippen LogP contribution in [0.5, 0.6) is 0 Å². The molecule has 2 rings (SSSR count). The zero-order valence-corrected chi connectivity index (χ0v) is 14.3. The number of thiophene rings is 1. The standard InChI is InChI=1S/C16H27N3OS/c1-12-10-17-7-8-19(12)11-14(20)18-15(16(2,3)4)13-6-5-9-21-13/h5-6,9,12,15,17H,7-8,10-11H2,1-4H3,(H,18,20)/t12-,15?/m0/s1. The van der Waals surface area contributed by atoms with Crippen LogP contribution in [0.1, 0.15) is 38.6 Å². The van der Waals surface area contributed by atoms with Gasteiger partial charge >= 0.3 is 0 Å². The Hall–Kier alpha value is -0.910. The van der Waals surface area contributed by atoms with E-state index >= 15 is 0 Å². The molecule has 0 spiro atoms. The summed E-state index contributed by atoms with van der Waals surface area (Å²) in [5.41, 5.74) is 0.00951. The Kier molecular flexibility index (Phi) is 5.41. The van der Waals surface area contributed by atoms with Gasteiger partial charge in [0.25, 0.3) is 0 Å². The normalized spacial score (nSPS) is 22.0. The van der Waals surface area contributed by atoms with Gasteiger partial charge in [-0.25, -0.2) is 0 Å². The lowest BCUT2D eigenvalue weighted by Gasteiger charge is -2.35. The molecule has 2 N–H and O–H groups in total. The molecule has 4 nitrogen and oxygen atoms in total. The Bertz CT molecular complexity index is 453. The van der Waals surface area contributed by atoms with Crippen molar-refractivity contribution in [3.05, 3.63) is 22.4 Å². The molecule has 21 heavy (non-hydrogen) atoms. The van der Waals surface area contributed by atoms with Gasteiger partial charge in [-0.2, -0.15) is 0 Å². The second-order valence-corrected chi connectivity index (χ2v) is 7.88.